The molecule has 0 fully saturated rings. The average molecular weight is 236 g/mol. The van der Waals surface area contributed by atoms with E-state index in [0.29, 0.717) is 5.95 Å². The van der Waals surface area contributed by atoms with Crippen molar-refractivity contribution in [2.24, 2.45) is 0 Å². The van der Waals surface area contributed by atoms with Crippen molar-refractivity contribution in [3.05, 3.63) is 24.4 Å². The number of fused-ring (bicyclic) bond motifs is 1. The number of pyridine rings is 1. The molecule has 2 aromatic rings. The molecule has 0 saturated heterocycles. The highest BCUT2D eigenvalue weighted by molar-refractivity contribution is 7.99. The summed E-state index contributed by atoms with van der Waals surface area (Å²) in [6, 6.07) is 5.57. The van der Waals surface area contributed by atoms with Gasteiger partial charge in [0.15, 0.2) is 5.65 Å². The normalized spacial score (nSPS) is 12.6. The van der Waals surface area contributed by atoms with Crippen LogP contribution >= 0.6 is 11.8 Å². The molecule has 0 radical (unpaired) electrons. The molecule has 1 amide bonds. The fourth-order valence-electron chi connectivity index (χ4n) is 1.25. The van der Waals surface area contributed by atoms with E-state index >= 15 is 0 Å². The number of thioether (sulfide) groups is 1. The first kappa shape index (κ1) is 10.9. The lowest BCUT2D eigenvalue weighted by Gasteiger charge is -2.07. The molecule has 16 heavy (non-hydrogen) atoms. The molecule has 0 aromatic carbocycles. The predicted octanol–water partition coefficient (Wildman–Crippen LogP) is 1.42. The van der Waals surface area contributed by atoms with Crippen molar-refractivity contribution in [2.75, 3.05) is 11.6 Å². The molecule has 0 unspecified atom stereocenters. The average Bonchev–Trinajstić information content (AvgIpc) is 2.72. The Morgan fingerprint density at radius 1 is 1.50 bits per heavy atom. The van der Waals surface area contributed by atoms with E-state index in [1.54, 1.807) is 4.40 Å². The van der Waals surface area contributed by atoms with Gasteiger partial charge in [0.2, 0.25) is 11.9 Å². The summed E-state index contributed by atoms with van der Waals surface area (Å²) in [5.41, 5.74) is 0.717. The van der Waals surface area contributed by atoms with Crippen LogP contribution in [0.25, 0.3) is 5.65 Å². The molecule has 0 saturated carbocycles. The van der Waals surface area contributed by atoms with Crippen LogP contribution in [-0.4, -0.2) is 32.0 Å². The van der Waals surface area contributed by atoms with E-state index in [-0.39, 0.29) is 11.2 Å². The summed E-state index contributed by atoms with van der Waals surface area (Å²) < 4.78 is 1.74. The van der Waals surface area contributed by atoms with Crippen molar-refractivity contribution >= 4 is 29.3 Å². The Balaban J connectivity index is 2.25. The number of rotatable bonds is 3. The second kappa shape index (κ2) is 4.52. The van der Waals surface area contributed by atoms with Crippen LogP contribution in [0.1, 0.15) is 6.92 Å². The highest BCUT2D eigenvalue weighted by Gasteiger charge is 2.14. The third-order valence-electron chi connectivity index (χ3n) is 2.27. The predicted molar refractivity (Wildman–Crippen MR) is 64.6 cm³/mol. The molecular formula is C10H12N4OS. The van der Waals surface area contributed by atoms with Crippen LogP contribution in [0.3, 0.4) is 0 Å². The van der Waals surface area contributed by atoms with Gasteiger partial charge in [-0.05, 0) is 25.3 Å². The first-order valence-electron chi connectivity index (χ1n) is 4.86. The van der Waals surface area contributed by atoms with Gasteiger partial charge in [-0.15, -0.1) is 10.2 Å². The molecule has 0 aliphatic rings. The molecule has 0 aliphatic heterocycles. The summed E-state index contributed by atoms with van der Waals surface area (Å²) in [5, 5.41) is 10.5. The fraction of sp³-hybridized carbons (Fsp3) is 0.300. The Morgan fingerprint density at radius 2 is 2.31 bits per heavy atom. The van der Waals surface area contributed by atoms with Crippen molar-refractivity contribution in [3.63, 3.8) is 0 Å². The van der Waals surface area contributed by atoms with Crippen molar-refractivity contribution < 1.29 is 4.79 Å². The minimum Gasteiger partial charge on any atom is -0.293 e. The van der Waals surface area contributed by atoms with Gasteiger partial charge >= 0.3 is 0 Å². The summed E-state index contributed by atoms with van der Waals surface area (Å²) in [5.74, 6) is 0.396. The Labute approximate surface area is 97.3 Å². The first-order valence-corrected chi connectivity index (χ1v) is 6.14. The van der Waals surface area contributed by atoms with Crippen molar-refractivity contribution in [1.29, 1.82) is 0 Å². The van der Waals surface area contributed by atoms with Gasteiger partial charge in [-0.1, -0.05) is 6.07 Å². The van der Waals surface area contributed by atoms with Gasteiger partial charge < -0.3 is 0 Å². The Bertz CT molecular complexity index is 510. The number of carbonyl (C=O) groups excluding carboxylic acids is 1. The van der Waals surface area contributed by atoms with E-state index in [9.17, 15) is 4.79 Å². The van der Waals surface area contributed by atoms with Crippen LogP contribution < -0.4 is 5.32 Å². The standard InChI is InChI=1S/C10H12N4OS/c1-7(16-2)9(15)11-10-13-12-8-5-3-4-6-14(8)10/h3-7H,1-2H3,(H,11,13,15)/t7-/m0/s1. The third kappa shape index (κ3) is 2.01. The topological polar surface area (TPSA) is 59.3 Å². The van der Waals surface area contributed by atoms with Crippen LogP contribution in [-0.2, 0) is 4.79 Å². The van der Waals surface area contributed by atoms with Crippen LogP contribution in [0.2, 0.25) is 0 Å². The van der Waals surface area contributed by atoms with Gasteiger partial charge in [0.25, 0.3) is 0 Å². The zero-order chi connectivity index (χ0) is 11.5. The van der Waals surface area contributed by atoms with Gasteiger partial charge in [0.1, 0.15) is 0 Å². The zero-order valence-electron chi connectivity index (χ0n) is 9.04. The minimum absolute atomic E-state index is 0.0642. The molecular weight excluding hydrogens is 224 g/mol. The lowest BCUT2D eigenvalue weighted by atomic mass is 10.4. The maximum atomic E-state index is 11.7. The summed E-state index contributed by atoms with van der Waals surface area (Å²) in [6.45, 7) is 1.85. The molecule has 84 valence electrons. The van der Waals surface area contributed by atoms with Gasteiger partial charge in [-0.3, -0.25) is 14.5 Å². The smallest absolute Gasteiger partial charge is 0.239 e. The van der Waals surface area contributed by atoms with Gasteiger partial charge in [-0.2, -0.15) is 11.8 Å². The van der Waals surface area contributed by atoms with E-state index in [1.165, 1.54) is 11.8 Å². The monoisotopic (exact) mass is 236 g/mol. The third-order valence-corrected chi connectivity index (χ3v) is 3.19. The van der Waals surface area contributed by atoms with E-state index in [4.69, 9.17) is 0 Å². The van der Waals surface area contributed by atoms with E-state index in [1.807, 2.05) is 37.6 Å². The number of nitrogens with one attached hydrogen (secondary N) is 1. The molecule has 1 N–H and O–H groups in total. The molecule has 0 spiro atoms. The maximum absolute atomic E-state index is 11.7. The number of carbonyl (C=O) groups is 1. The van der Waals surface area contributed by atoms with Crippen LogP contribution in [0, 0.1) is 0 Å². The summed E-state index contributed by atoms with van der Waals surface area (Å²) in [4.78, 5) is 11.7. The lowest BCUT2D eigenvalue weighted by Crippen LogP contribution is -2.23. The molecule has 2 aromatic heterocycles. The van der Waals surface area contributed by atoms with Crippen molar-refractivity contribution in [3.8, 4) is 0 Å². The quantitative estimate of drug-likeness (QED) is 0.875. The number of amides is 1. The van der Waals surface area contributed by atoms with Crippen molar-refractivity contribution in [1.82, 2.24) is 14.6 Å². The largest absolute Gasteiger partial charge is 0.293 e. The molecule has 0 bridgehead atoms. The molecule has 0 aliphatic carbocycles. The number of hydrogen-bond donors (Lipinski definition) is 1. The summed E-state index contributed by atoms with van der Waals surface area (Å²) >= 11 is 1.49. The highest BCUT2D eigenvalue weighted by atomic mass is 32.2. The fourth-order valence-corrected chi connectivity index (χ4v) is 1.52. The Kier molecular flexibility index (Phi) is 3.09. The van der Waals surface area contributed by atoms with Gasteiger partial charge in [-0.25, -0.2) is 0 Å². The maximum Gasteiger partial charge on any atom is 0.239 e. The number of nitrogens with zero attached hydrogens (tertiary/aromatic N) is 3. The highest BCUT2D eigenvalue weighted by Crippen LogP contribution is 2.11. The van der Waals surface area contributed by atoms with Gasteiger partial charge in [0.05, 0.1) is 5.25 Å². The van der Waals surface area contributed by atoms with Crippen LogP contribution in [0.4, 0.5) is 5.95 Å². The second-order valence-corrected chi connectivity index (χ2v) is 4.50. The lowest BCUT2D eigenvalue weighted by molar-refractivity contribution is -0.115. The second-order valence-electron chi connectivity index (χ2n) is 3.32. The van der Waals surface area contributed by atoms with Gasteiger partial charge in [0, 0.05) is 6.20 Å². The minimum atomic E-state index is -0.101. The number of anilines is 1. The molecule has 2 heterocycles. The van der Waals surface area contributed by atoms with Crippen LogP contribution in [0.5, 0.6) is 0 Å². The number of hydrogen-bond acceptors (Lipinski definition) is 4. The summed E-state index contributed by atoms with van der Waals surface area (Å²) in [7, 11) is 0. The Morgan fingerprint density at radius 3 is 3.06 bits per heavy atom. The summed E-state index contributed by atoms with van der Waals surface area (Å²) in [6.07, 6.45) is 3.71. The van der Waals surface area contributed by atoms with E-state index in [0.717, 1.165) is 5.65 Å². The first-order chi connectivity index (χ1) is 7.72. The molecule has 1 atom stereocenters. The Hall–Kier alpha value is -1.56. The molecule has 5 nitrogen and oxygen atoms in total. The SMILES string of the molecule is CS[C@@H](C)C(=O)Nc1nnc2ccccn12. The molecule has 2 rings (SSSR count). The molecule has 6 heteroatoms. The van der Waals surface area contributed by atoms with E-state index < -0.39 is 0 Å². The van der Waals surface area contributed by atoms with E-state index in [2.05, 4.69) is 15.5 Å². The van der Waals surface area contributed by atoms with Crippen LogP contribution in [0.15, 0.2) is 24.4 Å². The zero-order valence-corrected chi connectivity index (χ0v) is 9.86. The van der Waals surface area contributed by atoms with Crippen molar-refractivity contribution in [2.45, 2.75) is 12.2 Å². The number of aromatic nitrogens is 3.